The molecular formula is C15H23N3O2. The van der Waals surface area contributed by atoms with Crippen molar-refractivity contribution < 1.29 is 9.53 Å². The molecular weight excluding hydrogens is 254 g/mol. The maximum atomic E-state index is 12.3. The van der Waals surface area contributed by atoms with Crippen molar-refractivity contribution in [2.24, 2.45) is 0 Å². The number of likely N-dealkylation sites (N-methyl/N-ethyl adjacent to an activating group) is 1. The summed E-state index contributed by atoms with van der Waals surface area (Å²) in [6.07, 6.45) is 1.23. The Labute approximate surface area is 120 Å². The fourth-order valence-electron chi connectivity index (χ4n) is 2.31. The minimum atomic E-state index is 0.0894. The van der Waals surface area contributed by atoms with Crippen LogP contribution in [0.2, 0.25) is 0 Å². The summed E-state index contributed by atoms with van der Waals surface area (Å²) in [4.78, 5) is 16.1. The Balaban J connectivity index is 1.92. The van der Waals surface area contributed by atoms with Crippen LogP contribution in [0.15, 0.2) is 24.3 Å². The zero-order chi connectivity index (χ0) is 14.5. The number of benzene rings is 1. The molecule has 1 aromatic carbocycles. The van der Waals surface area contributed by atoms with Gasteiger partial charge in [-0.3, -0.25) is 9.69 Å². The molecule has 2 N–H and O–H groups in total. The number of amides is 1. The molecule has 1 heterocycles. The minimum absolute atomic E-state index is 0.0894. The molecule has 2 rings (SSSR count). The molecule has 20 heavy (non-hydrogen) atoms. The molecule has 1 amide bonds. The first-order chi connectivity index (χ1) is 9.60. The maximum Gasteiger partial charge on any atom is 0.240 e. The van der Waals surface area contributed by atoms with Gasteiger partial charge in [0.1, 0.15) is 0 Å². The van der Waals surface area contributed by atoms with Crippen LogP contribution in [0.1, 0.15) is 13.3 Å². The van der Waals surface area contributed by atoms with E-state index in [1.165, 1.54) is 0 Å². The fourth-order valence-corrected chi connectivity index (χ4v) is 2.31. The van der Waals surface area contributed by atoms with Gasteiger partial charge in [-0.25, -0.2) is 0 Å². The van der Waals surface area contributed by atoms with Crippen LogP contribution in [0.3, 0.4) is 0 Å². The number of morpholine rings is 1. The van der Waals surface area contributed by atoms with Gasteiger partial charge in [0, 0.05) is 31.5 Å². The molecule has 1 unspecified atom stereocenters. The lowest BCUT2D eigenvalue weighted by Gasteiger charge is -2.32. The van der Waals surface area contributed by atoms with Crippen LogP contribution in [-0.2, 0) is 9.53 Å². The summed E-state index contributed by atoms with van der Waals surface area (Å²) in [5.74, 6) is 0.0894. The minimum Gasteiger partial charge on any atom is -0.399 e. The van der Waals surface area contributed by atoms with E-state index in [2.05, 4.69) is 11.8 Å². The Morgan fingerprint density at radius 3 is 2.80 bits per heavy atom. The van der Waals surface area contributed by atoms with Crippen molar-refractivity contribution in [1.29, 1.82) is 0 Å². The number of hydrogen-bond donors (Lipinski definition) is 1. The number of ether oxygens (including phenoxy) is 1. The number of hydrogen-bond acceptors (Lipinski definition) is 4. The SMILES string of the molecule is CCC1CN(CC(=O)N(C)c2ccc(N)cc2)CCO1. The predicted octanol–water partition coefficient (Wildman–Crippen LogP) is 1.34. The van der Waals surface area contributed by atoms with Crippen LogP contribution in [0.4, 0.5) is 11.4 Å². The van der Waals surface area contributed by atoms with Crippen molar-refractivity contribution in [3.63, 3.8) is 0 Å². The Morgan fingerprint density at radius 1 is 1.45 bits per heavy atom. The molecule has 1 atom stereocenters. The van der Waals surface area contributed by atoms with Crippen LogP contribution < -0.4 is 10.6 Å². The number of nitrogens with two attached hydrogens (primary N) is 1. The van der Waals surface area contributed by atoms with Crippen LogP contribution in [0, 0.1) is 0 Å². The highest BCUT2D eigenvalue weighted by Gasteiger charge is 2.22. The summed E-state index contributed by atoms with van der Waals surface area (Å²) in [5.41, 5.74) is 7.23. The number of carbonyl (C=O) groups is 1. The normalized spacial score (nSPS) is 19.8. The second-order valence-electron chi connectivity index (χ2n) is 5.18. The molecule has 0 spiro atoms. The molecule has 0 saturated carbocycles. The van der Waals surface area contributed by atoms with Gasteiger partial charge in [0.05, 0.1) is 19.3 Å². The van der Waals surface area contributed by atoms with Gasteiger partial charge in [-0.05, 0) is 30.7 Å². The Bertz CT molecular complexity index is 447. The number of anilines is 2. The van der Waals surface area contributed by atoms with E-state index in [1.54, 1.807) is 24.1 Å². The van der Waals surface area contributed by atoms with Gasteiger partial charge >= 0.3 is 0 Å². The molecule has 0 bridgehead atoms. The van der Waals surface area contributed by atoms with Gasteiger partial charge in [-0.1, -0.05) is 6.92 Å². The summed E-state index contributed by atoms with van der Waals surface area (Å²) in [6, 6.07) is 7.34. The quantitative estimate of drug-likeness (QED) is 0.844. The van der Waals surface area contributed by atoms with Crippen molar-refractivity contribution in [2.75, 3.05) is 43.9 Å². The van der Waals surface area contributed by atoms with Gasteiger partial charge in [-0.2, -0.15) is 0 Å². The second-order valence-corrected chi connectivity index (χ2v) is 5.18. The first-order valence-corrected chi connectivity index (χ1v) is 7.06. The summed E-state index contributed by atoms with van der Waals surface area (Å²) in [6.45, 7) is 4.89. The maximum absolute atomic E-state index is 12.3. The largest absolute Gasteiger partial charge is 0.399 e. The monoisotopic (exact) mass is 277 g/mol. The summed E-state index contributed by atoms with van der Waals surface area (Å²) >= 11 is 0. The highest BCUT2D eigenvalue weighted by molar-refractivity contribution is 5.94. The topological polar surface area (TPSA) is 58.8 Å². The second kappa shape index (κ2) is 6.72. The van der Waals surface area contributed by atoms with E-state index in [9.17, 15) is 4.79 Å². The van der Waals surface area contributed by atoms with Crippen molar-refractivity contribution >= 4 is 17.3 Å². The van der Waals surface area contributed by atoms with Crippen molar-refractivity contribution in [2.45, 2.75) is 19.4 Å². The van der Waals surface area contributed by atoms with Gasteiger partial charge in [-0.15, -0.1) is 0 Å². The fraction of sp³-hybridized carbons (Fsp3) is 0.533. The summed E-state index contributed by atoms with van der Waals surface area (Å²) in [7, 11) is 1.80. The molecule has 1 aliphatic rings. The Morgan fingerprint density at radius 2 is 2.15 bits per heavy atom. The number of nitrogen functional groups attached to an aromatic ring is 1. The highest BCUT2D eigenvalue weighted by atomic mass is 16.5. The molecule has 0 aromatic heterocycles. The Kier molecular flexibility index (Phi) is 4.98. The third-order valence-corrected chi connectivity index (χ3v) is 3.69. The van der Waals surface area contributed by atoms with E-state index in [0.29, 0.717) is 18.8 Å². The molecule has 0 radical (unpaired) electrons. The number of carbonyl (C=O) groups excluding carboxylic acids is 1. The number of rotatable bonds is 4. The zero-order valence-corrected chi connectivity index (χ0v) is 12.2. The molecule has 110 valence electrons. The standard InChI is InChI=1S/C15H23N3O2/c1-3-14-10-18(8-9-20-14)11-15(19)17(2)13-6-4-12(16)5-7-13/h4-7,14H,3,8-11,16H2,1-2H3. The van der Waals surface area contributed by atoms with Crippen molar-refractivity contribution in [1.82, 2.24) is 4.90 Å². The summed E-state index contributed by atoms with van der Waals surface area (Å²) in [5, 5.41) is 0. The number of nitrogens with zero attached hydrogens (tertiary/aromatic N) is 2. The molecule has 1 aromatic rings. The Hall–Kier alpha value is -1.59. The van der Waals surface area contributed by atoms with Crippen LogP contribution in [0.25, 0.3) is 0 Å². The van der Waals surface area contributed by atoms with E-state index < -0.39 is 0 Å². The van der Waals surface area contributed by atoms with Gasteiger partial charge in [0.15, 0.2) is 0 Å². The van der Waals surface area contributed by atoms with Crippen LogP contribution >= 0.6 is 0 Å². The van der Waals surface area contributed by atoms with E-state index in [4.69, 9.17) is 10.5 Å². The first-order valence-electron chi connectivity index (χ1n) is 7.06. The zero-order valence-electron chi connectivity index (χ0n) is 12.2. The van der Waals surface area contributed by atoms with Crippen LogP contribution in [0.5, 0.6) is 0 Å². The van der Waals surface area contributed by atoms with E-state index in [-0.39, 0.29) is 12.0 Å². The average molecular weight is 277 g/mol. The third-order valence-electron chi connectivity index (χ3n) is 3.69. The molecule has 5 heteroatoms. The molecule has 1 aliphatic heterocycles. The van der Waals surface area contributed by atoms with Crippen molar-refractivity contribution in [3.05, 3.63) is 24.3 Å². The third kappa shape index (κ3) is 3.71. The lowest BCUT2D eigenvalue weighted by Crippen LogP contribution is -2.47. The van der Waals surface area contributed by atoms with Crippen LogP contribution in [-0.4, -0.2) is 50.2 Å². The molecule has 1 saturated heterocycles. The van der Waals surface area contributed by atoms with Gasteiger partial charge < -0.3 is 15.4 Å². The predicted molar refractivity (Wildman–Crippen MR) is 80.7 cm³/mol. The van der Waals surface area contributed by atoms with Crippen molar-refractivity contribution in [3.8, 4) is 0 Å². The molecule has 5 nitrogen and oxygen atoms in total. The average Bonchev–Trinajstić information content (AvgIpc) is 2.47. The van der Waals surface area contributed by atoms with E-state index in [0.717, 1.165) is 25.2 Å². The molecule has 0 aliphatic carbocycles. The lowest BCUT2D eigenvalue weighted by atomic mass is 10.2. The molecule has 1 fully saturated rings. The van der Waals surface area contributed by atoms with E-state index >= 15 is 0 Å². The summed E-state index contributed by atoms with van der Waals surface area (Å²) < 4.78 is 5.62. The highest BCUT2D eigenvalue weighted by Crippen LogP contribution is 2.16. The van der Waals surface area contributed by atoms with E-state index in [1.807, 2.05) is 12.1 Å². The first kappa shape index (κ1) is 14.8. The lowest BCUT2D eigenvalue weighted by molar-refractivity contribution is -0.121. The smallest absolute Gasteiger partial charge is 0.240 e. The van der Waals surface area contributed by atoms with Gasteiger partial charge in [0.2, 0.25) is 5.91 Å². The van der Waals surface area contributed by atoms with Gasteiger partial charge in [0.25, 0.3) is 0 Å².